The average molecular weight is 195 g/mol. The van der Waals surface area contributed by atoms with Crippen LogP contribution < -0.4 is 5.32 Å². The molecule has 0 bridgehead atoms. The van der Waals surface area contributed by atoms with E-state index in [1.165, 1.54) is 12.1 Å². The van der Waals surface area contributed by atoms with Gasteiger partial charge in [0.05, 0.1) is 5.69 Å². The zero-order valence-electron chi connectivity index (χ0n) is 9.67. The minimum absolute atomic E-state index is 0.593. The summed E-state index contributed by atoms with van der Waals surface area (Å²) in [6.45, 7) is 7.46. The van der Waals surface area contributed by atoms with E-state index in [0.29, 0.717) is 6.04 Å². The molecule has 1 unspecified atom stereocenters. The van der Waals surface area contributed by atoms with Crippen LogP contribution in [0.25, 0.3) is 0 Å². The molecule has 0 saturated heterocycles. The van der Waals surface area contributed by atoms with Crippen molar-refractivity contribution < 1.29 is 0 Å². The molecular weight excluding hydrogens is 174 g/mol. The second-order valence-corrected chi connectivity index (χ2v) is 3.90. The fourth-order valence-electron chi connectivity index (χ4n) is 1.71. The Morgan fingerprint density at radius 1 is 1.57 bits per heavy atom. The summed E-state index contributed by atoms with van der Waals surface area (Å²) in [6, 6.07) is 2.76. The van der Waals surface area contributed by atoms with E-state index < -0.39 is 0 Å². The zero-order chi connectivity index (χ0) is 10.6. The Labute approximate surface area is 86.5 Å². The summed E-state index contributed by atoms with van der Waals surface area (Å²) in [5.41, 5.74) is 2.44. The normalized spacial score (nSPS) is 13.1. The summed E-state index contributed by atoms with van der Waals surface area (Å²) in [4.78, 5) is 0. The fourth-order valence-corrected chi connectivity index (χ4v) is 1.71. The molecule has 14 heavy (non-hydrogen) atoms. The molecule has 0 radical (unpaired) electrons. The van der Waals surface area contributed by atoms with Crippen LogP contribution in [0.15, 0.2) is 6.07 Å². The molecule has 1 heterocycles. The van der Waals surface area contributed by atoms with Gasteiger partial charge in [-0.05, 0) is 39.3 Å². The van der Waals surface area contributed by atoms with Gasteiger partial charge in [-0.3, -0.25) is 4.68 Å². The molecule has 0 aliphatic rings. The third-order valence-corrected chi connectivity index (χ3v) is 2.48. The van der Waals surface area contributed by atoms with Gasteiger partial charge in [0.2, 0.25) is 0 Å². The molecule has 1 aromatic rings. The van der Waals surface area contributed by atoms with Crippen LogP contribution in [0.5, 0.6) is 0 Å². The van der Waals surface area contributed by atoms with Crippen LogP contribution in [0.1, 0.15) is 31.7 Å². The van der Waals surface area contributed by atoms with Crippen molar-refractivity contribution in [3.8, 4) is 0 Å². The second-order valence-electron chi connectivity index (χ2n) is 3.90. The van der Waals surface area contributed by atoms with Gasteiger partial charge in [-0.1, -0.05) is 6.92 Å². The maximum absolute atomic E-state index is 4.33. The maximum atomic E-state index is 4.33. The summed E-state index contributed by atoms with van der Waals surface area (Å²) in [7, 11) is 2.01. The molecule has 0 aliphatic heterocycles. The van der Waals surface area contributed by atoms with Gasteiger partial charge in [0.15, 0.2) is 0 Å². The van der Waals surface area contributed by atoms with Gasteiger partial charge in [0, 0.05) is 18.8 Å². The summed E-state index contributed by atoms with van der Waals surface area (Å²) >= 11 is 0. The summed E-state index contributed by atoms with van der Waals surface area (Å²) < 4.78 is 1.98. The third kappa shape index (κ3) is 3.14. The van der Waals surface area contributed by atoms with Gasteiger partial charge in [-0.15, -0.1) is 0 Å². The first-order valence-electron chi connectivity index (χ1n) is 5.36. The van der Waals surface area contributed by atoms with Crippen molar-refractivity contribution in [1.29, 1.82) is 0 Å². The number of hydrogen-bond donors (Lipinski definition) is 1. The van der Waals surface area contributed by atoms with Gasteiger partial charge in [-0.2, -0.15) is 5.10 Å². The molecule has 3 nitrogen and oxygen atoms in total. The molecular formula is C11H21N3. The highest BCUT2D eigenvalue weighted by molar-refractivity contribution is 5.08. The molecule has 0 aliphatic carbocycles. The van der Waals surface area contributed by atoms with Crippen molar-refractivity contribution in [2.45, 2.75) is 39.7 Å². The minimum atomic E-state index is 0.593. The topological polar surface area (TPSA) is 29.9 Å². The van der Waals surface area contributed by atoms with Crippen LogP contribution in [0, 0.1) is 6.92 Å². The lowest BCUT2D eigenvalue weighted by atomic mass is 10.1. The van der Waals surface area contributed by atoms with Crippen molar-refractivity contribution in [3.05, 3.63) is 17.5 Å². The summed E-state index contributed by atoms with van der Waals surface area (Å²) in [5, 5.41) is 7.74. The molecule has 1 N–H and O–H groups in total. The van der Waals surface area contributed by atoms with Crippen molar-refractivity contribution in [2.24, 2.45) is 7.05 Å². The van der Waals surface area contributed by atoms with Gasteiger partial charge >= 0.3 is 0 Å². The summed E-state index contributed by atoms with van der Waals surface area (Å²) in [5.74, 6) is 0. The Kier molecular flexibility index (Phi) is 4.14. The first-order chi connectivity index (χ1) is 6.63. The Morgan fingerprint density at radius 3 is 2.79 bits per heavy atom. The van der Waals surface area contributed by atoms with Crippen LogP contribution in [-0.4, -0.2) is 22.4 Å². The SMILES string of the molecule is CCNC(C)CCc1cc(C)nn1C. The Hall–Kier alpha value is -0.830. The number of aromatic nitrogens is 2. The van der Waals surface area contributed by atoms with Crippen LogP contribution >= 0.6 is 0 Å². The second kappa shape index (κ2) is 5.15. The largest absolute Gasteiger partial charge is 0.315 e. The van der Waals surface area contributed by atoms with E-state index in [1.807, 2.05) is 18.7 Å². The molecule has 1 rings (SSSR count). The third-order valence-electron chi connectivity index (χ3n) is 2.48. The number of hydrogen-bond acceptors (Lipinski definition) is 2. The van der Waals surface area contributed by atoms with Crippen LogP contribution in [0.4, 0.5) is 0 Å². The lowest BCUT2D eigenvalue weighted by Crippen LogP contribution is -2.26. The standard InChI is InChI=1S/C11H21N3/c1-5-12-9(2)6-7-11-8-10(3)13-14(11)4/h8-9,12H,5-7H2,1-4H3. The average Bonchev–Trinajstić information content (AvgIpc) is 2.42. The van der Waals surface area contributed by atoms with Gasteiger partial charge in [0.1, 0.15) is 0 Å². The number of aryl methyl sites for hydroxylation is 3. The molecule has 0 saturated carbocycles. The van der Waals surface area contributed by atoms with Crippen LogP contribution in [0.2, 0.25) is 0 Å². The van der Waals surface area contributed by atoms with E-state index in [0.717, 1.165) is 18.7 Å². The van der Waals surface area contributed by atoms with E-state index in [-0.39, 0.29) is 0 Å². The molecule has 1 aromatic heterocycles. The first-order valence-corrected chi connectivity index (χ1v) is 5.36. The van der Waals surface area contributed by atoms with E-state index in [2.05, 4.69) is 30.3 Å². The molecule has 0 aromatic carbocycles. The molecule has 0 fully saturated rings. The van der Waals surface area contributed by atoms with E-state index in [9.17, 15) is 0 Å². The Balaban J connectivity index is 2.41. The van der Waals surface area contributed by atoms with E-state index in [1.54, 1.807) is 0 Å². The van der Waals surface area contributed by atoms with Crippen LogP contribution in [-0.2, 0) is 13.5 Å². The minimum Gasteiger partial charge on any atom is -0.315 e. The monoisotopic (exact) mass is 195 g/mol. The van der Waals surface area contributed by atoms with Crippen molar-refractivity contribution >= 4 is 0 Å². The van der Waals surface area contributed by atoms with E-state index >= 15 is 0 Å². The highest BCUT2D eigenvalue weighted by atomic mass is 15.3. The number of rotatable bonds is 5. The van der Waals surface area contributed by atoms with Gasteiger partial charge in [0.25, 0.3) is 0 Å². The molecule has 0 amide bonds. The first kappa shape index (κ1) is 11.2. The van der Waals surface area contributed by atoms with Crippen LogP contribution in [0.3, 0.4) is 0 Å². The van der Waals surface area contributed by atoms with Gasteiger partial charge < -0.3 is 5.32 Å². The molecule has 1 atom stereocenters. The lowest BCUT2D eigenvalue weighted by molar-refractivity contribution is 0.520. The lowest BCUT2D eigenvalue weighted by Gasteiger charge is -2.11. The fraction of sp³-hybridized carbons (Fsp3) is 0.727. The van der Waals surface area contributed by atoms with Crippen molar-refractivity contribution in [2.75, 3.05) is 6.54 Å². The summed E-state index contributed by atoms with van der Waals surface area (Å²) in [6.07, 6.45) is 2.28. The Morgan fingerprint density at radius 2 is 2.29 bits per heavy atom. The van der Waals surface area contributed by atoms with Gasteiger partial charge in [-0.25, -0.2) is 0 Å². The van der Waals surface area contributed by atoms with Crippen molar-refractivity contribution in [3.63, 3.8) is 0 Å². The highest BCUT2D eigenvalue weighted by Gasteiger charge is 2.04. The molecule has 3 heteroatoms. The number of nitrogens with zero attached hydrogens (tertiary/aromatic N) is 2. The smallest absolute Gasteiger partial charge is 0.0596 e. The van der Waals surface area contributed by atoms with E-state index in [4.69, 9.17) is 0 Å². The molecule has 0 spiro atoms. The molecule has 80 valence electrons. The quantitative estimate of drug-likeness (QED) is 0.774. The Bertz CT molecular complexity index is 278. The predicted molar refractivity (Wildman–Crippen MR) is 59.4 cm³/mol. The zero-order valence-corrected chi connectivity index (χ0v) is 9.67. The maximum Gasteiger partial charge on any atom is 0.0596 e. The highest BCUT2D eigenvalue weighted by Crippen LogP contribution is 2.06. The number of nitrogens with one attached hydrogen (secondary N) is 1. The van der Waals surface area contributed by atoms with Crippen molar-refractivity contribution in [1.82, 2.24) is 15.1 Å². The predicted octanol–water partition coefficient (Wildman–Crippen LogP) is 1.66.